The van der Waals surface area contributed by atoms with Gasteiger partial charge in [0, 0.05) is 0 Å². The molecule has 0 saturated carbocycles. The molecular formula is C14H30F2O4. The number of alkyl halides is 2. The van der Waals surface area contributed by atoms with Gasteiger partial charge in [-0.1, -0.05) is 0 Å². The van der Waals surface area contributed by atoms with Gasteiger partial charge in [-0.25, -0.2) is 8.78 Å². The zero-order chi connectivity index (χ0) is 16.4. The van der Waals surface area contributed by atoms with Gasteiger partial charge in [0.1, 0.15) is 25.6 Å². The maximum atomic E-state index is 11.6. The molecule has 2 N–H and O–H groups in total. The van der Waals surface area contributed by atoms with Gasteiger partial charge in [-0.05, 0) is 41.5 Å². The molecule has 0 aliphatic carbocycles. The minimum absolute atomic E-state index is 0.0694. The predicted octanol–water partition coefficient (Wildman–Crippen LogP) is 2.26. The van der Waals surface area contributed by atoms with E-state index in [1.54, 1.807) is 0 Å². The van der Waals surface area contributed by atoms with E-state index in [1.165, 1.54) is 0 Å². The van der Waals surface area contributed by atoms with Crippen LogP contribution in [0.25, 0.3) is 0 Å². The molecule has 0 bridgehead atoms. The minimum atomic E-state index is -0.973. The van der Waals surface area contributed by atoms with Crippen molar-refractivity contribution >= 4 is 0 Å². The van der Waals surface area contributed by atoms with Crippen molar-refractivity contribution in [2.24, 2.45) is 0 Å². The first-order valence-corrected chi connectivity index (χ1v) is 6.67. The molecule has 0 radical (unpaired) electrons. The lowest BCUT2D eigenvalue weighted by molar-refractivity contribution is -0.0537. The molecule has 0 aliphatic rings. The van der Waals surface area contributed by atoms with Crippen molar-refractivity contribution in [3.05, 3.63) is 0 Å². The van der Waals surface area contributed by atoms with Crippen LogP contribution in [0.4, 0.5) is 8.78 Å². The average Bonchev–Trinajstić information content (AvgIpc) is 2.31. The van der Waals surface area contributed by atoms with E-state index in [0.717, 1.165) is 0 Å². The average molecular weight is 299 g/mol. The Kier molecular flexibility index (Phi) is 11.5. The Labute approximate surface area is 121 Å². The molecule has 2 atom stereocenters. The fourth-order valence-corrected chi connectivity index (χ4v) is 0.781. The van der Waals surface area contributed by atoms with Crippen molar-refractivity contribution < 1.29 is 28.5 Å². The highest BCUT2D eigenvalue weighted by Gasteiger charge is 2.13. The first-order chi connectivity index (χ1) is 8.91. The fraction of sp³-hybridized carbons (Fsp3) is 1.00. The van der Waals surface area contributed by atoms with Crippen LogP contribution in [0.2, 0.25) is 0 Å². The SMILES string of the molecule is CC(C)(C)OCC(O)CF.CC(C)(C)OCC(O)C[18F]. The van der Waals surface area contributed by atoms with Crippen molar-refractivity contribution in [1.29, 1.82) is 0 Å². The van der Waals surface area contributed by atoms with E-state index in [9.17, 15) is 8.78 Å². The lowest BCUT2D eigenvalue weighted by atomic mass is 10.2. The highest BCUT2D eigenvalue weighted by atomic mass is 19.1. The molecule has 0 aliphatic heterocycles. The van der Waals surface area contributed by atoms with Crippen LogP contribution in [0.3, 0.4) is 0 Å². The quantitative estimate of drug-likeness (QED) is 0.790. The molecule has 0 rings (SSSR count). The monoisotopic (exact) mass is 299 g/mol. The molecule has 0 aromatic carbocycles. The van der Waals surface area contributed by atoms with Crippen molar-refractivity contribution in [2.75, 3.05) is 26.6 Å². The fourth-order valence-electron chi connectivity index (χ4n) is 0.781. The highest BCUT2D eigenvalue weighted by Crippen LogP contribution is 2.07. The van der Waals surface area contributed by atoms with Crippen LogP contribution in [0, 0.1) is 0 Å². The summed E-state index contributed by atoms with van der Waals surface area (Å²) in [4.78, 5) is 0. The number of aliphatic hydroxyl groups excluding tert-OH is 2. The van der Waals surface area contributed by atoms with Crippen LogP contribution < -0.4 is 0 Å². The first-order valence-electron chi connectivity index (χ1n) is 6.67. The number of ether oxygens (including phenoxy) is 2. The third-order valence-corrected chi connectivity index (χ3v) is 1.77. The summed E-state index contributed by atoms with van der Waals surface area (Å²) < 4.78 is 33.4. The van der Waals surface area contributed by atoms with Crippen LogP contribution in [0.5, 0.6) is 0 Å². The Hall–Kier alpha value is -0.300. The standard InChI is InChI=1S/2C7H15FO2/c2*1-7(2,3)10-5-6(9)4-8/h2*6,9H,4-5H2,1-3H3/i8-1;. The lowest BCUT2D eigenvalue weighted by Crippen LogP contribution is -2.27. The summed E-state index contributed by atoms with van der Waals surface area (Å²) in [5.74, 6) is 0. The smallest absolute Gasteiger partial charge is 0.118 e. The number of rotatable bonds is 6. The third kappa shape index (κ3) is 20.0. The van der Waals surface area contributed by atoms with Crippen molar-refractivity contribution in [3.8, 4) is 0 Å². The molecule has 0 heterocycles. The molecule has 0 spiro atoms. The topological polar surface area (TPSA) is 58.9 Å². The van der Waals surface area contributed by atoms with Crippen LogP contribution in [0.15, 0.2) is 0 Å². The van der Waals surface area contributed by atoms with E-state index in [4.69, 9.17) is 19.7 Å². The second-order valence-electron chi connectivity index (χ2n) is 6.46. The van der Waals surface area contributed by atoms with Gasteiger partial charge < -0.3 is 19.7 Å². The number of hydrogen-bond acceptors (Lipinski definition) is 4. The first kappa shape index (κ1) is 22.0. The summed E-state index contributed by atoms with van der Waals surface area (Å²) >= 11 is 0. The zero-order valence-electron chi connectivity index (χ0n) is 13.4. The Morgan fingerprint density at radius 2 is 1.00 bits per heavy atom. The highest BCUT2D eigenvalue weighted by molar-refractivity contribution is 4.61. The van der Waals surface area contributed by atoms with Crippen molar-refractivity contribution in [3.63, 3.8) is 0 Å². The summed E-state index contributed by atoms with van der Waals surface area (Å²) in [6.45, 7) is 9.81. The predicted molar refractivity (Wildman–Crippen MR) is 75.4 cm³/mol. The number of hydrogen-bond donors (Lipinski definition) is 2. The molecule has 0 fully saturated rings. The lowest BCUT2D eigenvalue weighted by Gasteiger charge is -2.20. The summed E-state index contributed by atoms with van der Waals surface area (Å²) in [7, 11) is 0. The molecular weight excluding hydrogens is 269 g/mol. The van der Waals surface area contributed by atoms with Crippen molar-refractivity contribution in [2.45, 2.75) is 65.0 Å². The van der Waals surface area contributed by atoms with Gasteiger partial charge in [0.25, 0.3) is 0 Å². The van der Waals surface area contributed by atoms with Gasteiger partial charge in [-0.3, -0.25) is 0 Å². The van der Waals surface area contributed by atoms with Gasteiger partial charge >= 0.3 is 0 Å². The van der Waals surface area contributed by atoms with Crippen LogP contribution in [-0.4, -0.2) is 60.2 Å². The van der Waals surface area contributed by atoms with Crippen LogP contribution in [0.1, 0.15) is 41.5 Å². The maximum Gasteiger partial charge on any atom is 0.118 e. The molecule has 0 aromatic rings. The second-order valence-corrected chi connectivity index (χ2v) is 6.46. The van der Waals surface area contributed by atoms with Crippen LogP contribution in [-0.2, 0) is 9.47 Å². The summed E-state index contributed by atoms with van der Waals surface area (Å²) in [6.07, 6.45) is -1.95. The van der Waals surface area contributed by atoms with E-state index < -0.39 is 25.6 Å². The van der Waals surface area contributed by atoms with Crippen molar-refractivity contribution in [1.82, 2.24) is 0 Å². The maximum absolute atomic E-state index is 11.6. The molecule has 4 nitrogen and oxygen atoms in total. The normalized spacial score (nSPS) is 15.3. The second kappa shape index (κ2) is 10.4. The van der Waals surface area contributed by atoms with Gasteiger partial charge in [0.2, 0.25) is 0 Å². The number of halogens is 2. The molecule has 2 unspecified atom stereocenters. The Morgan fingerprint density at radius 1 is 0.750 bits per heavy atom. The van der Waals surface area contributed by atoms with E-state index in [-0.39, 0.29) is 24.4 Å². The molecule has 6 heteroatoms. The summed E-state index contributed by atoms with van der Waals surface area (Å²) in [6, 6.07) is 0. The molecule has 0 amide bonds. The number of aliphatic hydroxyl groups is 2. The van der Waals surface area contributed by atoms with E-state index >= 15 is 0 Å². The Morgan fingerprint density at radius 3 is 1.15 bits per heavy atom. The molecule has 124 valence electrons. The van der Waals surface area contributed by atoms with Gasteiger partial charge in [-0.2, -0.15) is 0 Å². The van der Waals surface area contributed by atoms with Gasteiger partial charge in [0.15, 0.2) is 0 Å². The molecule has 0 saturated heterocycles. The molecule has 20 heavy (non-hydrogen) atoms. The van der Waals surface area contributed by atoms with Gasteiger partial charge in [0.05, 0.1) is 24.4 Å². The van der Waals surface area contributed by atoms with E-state index in [2.05, 4.69) is 0 Å². The van der Waals surface area contributed by atoms with E-state index in [0.29, 0.717) is 0 Å². The van der Waals surface area contributed by atoms with Gasteiger partial charge in [-0.15, -0.1) is 0 Å². The Bertz CT molecular complexity index is 200. The minimum Gasteiger partial charge on any atom is -0.388 e. The summed E-state index contributed by atoms with van der Waals surface area (Å²) in [5, 5.41) is 17.4. The largest absolute Gasteiger partial charge is 0.388 e. The zero-order valence-corrected chi connectivity index (χ0v) is 13.4. The Balaban J connectivity index is 0. The molecule has 0 aromatic heterocycles. The summed E-state index contributed by atoms with van der Waals surface area (Å²) in [5.41, 5.74) is -0.591. The third-order valence-electron chi connectivity index (χ3n) is 1.77. The van der Waals surface area contributed by atoms with Crippen LogP contribution >= 0.6 is 0 Å². The van der Waals surface area contributed by atoms with E-state index in [1.807, 2.05) is 41.5 Å².